The molecule has 0 radical (unpaired) electrons. The molecule has 0 fully saturated rings. The average Bonchev–Trinajstić information content (AvgIpc) is 2.87. The van der Waals surface area contributed by atoms with Crippen LogP contribution in [-0.4, -0.2) is 45.2 Å². The summed E-state index contributed by atoms with van der Waals surface area (Å²) in [6.45, 7) is 2.14. The van der Waals surface area contributed by atoms with Gasteiger partial charge in [-0.1, -0.05) is 42.5 Å². The van der Waals surface area contributed by atoms with Crippen LogP contribution in [0.5, 0.6) is 17.2 Å². The summed E-state index contributed by atoms with van der Waals surface area (Å²) >= 11 is 0. The Bertz CT molecular complexity index is 1120. The molecule has 4 rings (SSSR count). The van der Waals surface area contributed by atoms with E-state index in [0.717, 1.165) is 42.1 Å². The van der Waals surface area contributed by atoms with Gasteiger partial charge in [0.2, 0.25) is 5.91 Å². The van der Waals surface area contributed by atoms with Crippen molar-refractivity contribution in [3.63, 3.8) is 0 Å². The fraction of sp³-hybridized carbons (Fsp3) is 0.321. The number of ether oxygens (including phenoxy) is 3. The Morgan fingerprint density at radius 2 is 1.65 bits per heavy atom. The van der Waals surface area contributed by atoms with Crippen LogP contribution >= 0.6 is 0 Å². The van der Waals surface area contributed by atoms with E-state index in [9.17, 15) is 4.79 Å². The lowest BCUT2D eigenvalue weighted by molar-refractivity contribution is -0.120. The molecule has 1 amide bonds. The van der Waals surface area contributed by atoms with Gasteiger partial charge in [0.25, 0.3) is 0 Å². The van der Waals surface area contributed by atoms with Crippen molar-refractivity contribution < 1.29 is 19.0 Å². The maximum atomic E-state index is 12.7. The second-order valence-electron chi connectivity index (χ2n) is 8.46. The molecule has 0 spiro atoms. The van der Waals surface area contributed by atoms with E-state index in [2.05, 4.69) is 34.5 Å². The summed E-state index contributed by atoms with van der Waals surface area (Å²) in [6, 6.07) is 22.1. The second-order valence-corrected chi connectivity index (χ2v) is 8.46. The van der Waals surface area contributed by atoms with E-state index in [1.54, 1.807) is 21.3 Å². The summed E-state index contributed by atoms with van der Waals surface area (Å²) < 4.78 is 16.5. The number of benzene rings is 3. The lowest BCUT2D eigenvalue weighted by atomic mass is 9.91. The number of fused-ring (bicyclic) bond motifs is 1. The fourth-order valence-corrected chi connectivity index (χ4v) is 4.57. The van der Waals surface area contributed by atoms with Crippen LogP contribution in [0, 0.1) is 0 Å². The lowest BCUT2D eigenvalue weighted by Gasteiger charge is -2.38. The number of hydrogen-bond donors (Lipinski definition) is 1. The van der Waals surface area contributed by atoms with Crippen LogP contribution in [0.4, 0.5) is 0 Å². The van der Waals surface area contributed by atoms with Crippen LogP contribution in [-0.2, 0) is 24.2 Å². The Morgan fingerprint density at radius 1 is 0.912 bits per heavy atom. The van der Waals surface area contributed by atoms with Crippen LogP contribution in [0.25, 0.3) is 0 Å². The molecule has 1 aliphatic rings. The minimum atomic E-state index is 0.00878. The van der Waals surface area contributed by atoms with Gasteiger partial charge in [0.1, 0.15) is 5.75 Å². The molecular formula is C28H32N2O4. The number of carbonyl (C=O) groups is 1. The summed E-state index contributed by atoms with van der Waals surface area (Å²) in [5.74, 6) is 2.29. The first-order chi connectivity index (χ1) is 16.6. The first-order valence-electron chi connectivity index (χ1n) is 11.5. The van der Waals surface area contributed by atoms with Crippen LogP contribution in [0.2, 0.25) is 0 Å². The topological polar surface area (TPSA) is 60.0 Å². The molecule has 0 aromatic heterocycles. The van der Waals surface area contributed by atoms with E-state index in [1.807, 2.05) is 42.5 Å². The van der Waals surface area contributed by atoms with Crippen LogP contribution < -0.4 is 19.5 Å². The van der Waals surface area contributed by atoms with Crippen LogP contribution in [0.1, 0.15) is 28.3 Å². The van der Waals surface area contributed by atoms with E-state index in [1.165, 1.54) is 11.1 Å². The number of carbonyl (C=O) groups excluding carboxylic acids is 1. The van der Waals surface area contributed by atoms with Crippen molar-refractivity contribution >= 4 is 5.91 Å². The van der Waals surface area contributed by atoms with Crippen molar-refractivity contribution in [2.24, 2.45) is 0 Å². The molecular weight excluding hydrogens is 428 g/mol. The number of nitrogens with one attached hydrogen (secondary N) is 1. The molecule has 0 saturated carbocycles. The SMILES string of the molecule is COc1cccc(CN2CCc3cc(OC)c(OC)cc3[C@H]2CNC(=O)Cc2ccccc2)c1. The molecule has 1 atom stereocenters. The average molecular weight is 461 g/mol. The van der Waals surface area contributed by atoms with Crippen molar-refractivity contribution in [3.8, 4) is 17.2 Å². The zero-order valence-corrected chi connectivity index (χ0v) is 20.0. The van der Waals surface area contributed by atoms with Gasteiger partial charge < -0.3 is 19.5 Å². The van der Waals surface area contributed by atoms with E-state index >= 15 is 0 Å². The molecule has 1 aliphatic heterocycles. The summed E-state index contributed by atoms with van der Waals surface area (Å²) in [5.41, 5.74) is 4.56. The van der Waals surface area contributed by atoms with Gasteiger partial charge in [-0.25, -0.2) is 0 Å². The minimum absolute atomic E-state index is 0.00878. The first kappa shape index (κ1) is 23.6. The van der Waals surface area contributed by atoms with Gasteiger partial charge in [-0.05, 0) is 52.9 Å². The van der Waals surface area contributed by atoms with Crippen LogP contribution in [0.3, 0.4) is 0 Å². The molecule has 3 aromatic carbocycles. The fourth-order valence-electron chi connectivity index (χ4n) is 4.57. The highest BCUT2D eigenvalue weighted by molar-refractivity contribution is 5.78. The molecule has 0 aliphatic carbocycles. The van der Waals surface area contributed by atoms with Gasteiger partial charge in [0.05, 0.1) is 33.8 Å². The largest absolute Gasteiger partial charge is 0.497 e. The third-order valence-corrected chi connectivity index (χ3v) is 6.33. The van der Waals surface area contributed by atoms with Gasteiger partial charge in [-0.15, -0.1) is 0 Å². The third kappa shape index (κ3) is 5.51. The molecule has 6 heteroatoms. The normalized spacial score (nSPS) is 15.3. The zero-order valence-electron chi connectivity index (χ0n) is 20.0. The monoisotopic (exact) mass is 460 g/mol. The molecule has 1 heterocycles. The van der Waals surface area contributed by atoms with Gasteiger partial charge in [0.15, 0.2) is 11.5 Å². The Balaban J connectivity index is 1.58. The number of hydrogen-bond acceptors (Lipinski definition) is 5. The smallest absolute Gasteiger partial charge is 0.224 e. The summed E-state index contributed by atoms with van der Waals surface area (Å²) in [6.07, 6.45) is 1.26. The Labute approximate surface area is 201 Å². The van der Waals surface area contributed by atoms with E-state index in [4.69, 9.17) is 14.2 Å². The summed E-state index contributed by atoms with van der Waals surface area (Å²) in [4.78, 5) is 15.2. The van der Waals surface area contributed by atoms with Crippen molar-refractivity contribution in [2.45, 2.75) is 25.4 Å². The van der Waals surface area contributed by atoms with Crippen molar-refractivity contribution in [1.82, 2.24) is 10.2 Å². The maximum absolute atomic E-state index is 12.7. The van der Waals surface area contributed by atoms with Crippen molar-refractivity contribution in [3.05, 3.63) is 89.0 Å². The lowest BCUT2D eigenvalue weighted by Crippen LogP contribution is -2.42. The molecule has 34 heavy (non-hydrogen) atoms. The standard InChI is InChI=1S/C28H32N2O4/c1-32-23-11-7-10-21(14-23)19-30-13-12-22-16-26(33-2)27(34-3)17-24(22)25(30)18-29-28(31)15-20-8-5-4-6-9-20/h4-11,14,16-17,25H,12-13,15,18-19H2,1-3H3,(H,29,31)/t25-/m1/s1. The maximum Gasteiger partial charge on any atom is 0.224 e. The van der Waals surface area contributed by atoms with E-state index in [-0.39, 0.29) is 11.9 Å². The van der Waals surface area contributed by atoms with Crippen molar-refractivity contribution in [1.29, 1.82) is 0 Å². The second kappa shape index (κ2) is 11.1. The first-order valence-corrected chi connectivity index (χ1v) is 11.5. The third-order valence-electron chi connectivity index (χ3n) is 6.33. The van der Waals surface area contributed by atoms with E-state index < -0.39 is 0 Å². The predicted molar refractivity (Wildman–Crippen MR) is 133 cm³/mol. The quantitative estimate of drug-likeness (QED) is 0.519. The minimum Gasteiger partial charge on any atom is -0.497 e. The molecule has 1 N–H and O–H groups in total. The van der Waals surface area contributed by atoms with Gasteiger partial charge in [0, 0.05) is 19.6 Å². The zero-order chi connectivity index (χ0) is 23.9. The summed E-state index contributed by atoms with van der Waals surface area (Å²) in [7, 11) is 4.99. The number of nitrogens with zero attached hydrogens (tertiary/aromatic N) is 1. The number of rotatable bonds is 9. The highest BCUT2D eigenvalue weighted by Crippen LogP contribution is 2.38. The number of methoxy groups -OCH3 is 3. The van der Waals surface area contributed by atoms with Gasteiger partial charge in [-0.3, -0.25) is 9.69 Å². The summed E-state index contributed by atoms with van der Waals surface area (Å²) in [5, 5.41) is 3.17. The Hall–Kier alpha value is -3.51. The molecule has 0 saturated heterocycles. The molecule has 3 aromatic rings. The van der Waals surface area contributed by atoms with Gasteiger partial charge >= 0.3 is 0 Å². The molecule has 0 bridgehead atoms. The van der Waals surface area contributed by atoms with Crippen LogP contribution in [0.15, 0.2) is 66.7 Å². The predicted octanol–water partition coefficient (Wildman–Crippen LogP) is 4.17. The van der Waals surface area contributed by atoms with Crippen molar-refractivity contribution in [2.75, 3.05) is 34.4 Å². The van der Waals surface area contributed by atoms with Gasteiger partial charge in [-0.2, -0.15) is 0 Å². The van der Waals surface area contributed by atoms with E-state index in [0.29, 0.717) is 18.7 Å². The highest BCUT2D eigenvalue weighted by Gasteiger charge is 2.29. The Kier molecular flexibility index (Phi) is 7.70. The highest BCUT2D eigenvalue weighted by atomic mass is 16.5. The molecule has 6 nitrogen and oxygen atoms in total. The Morgan fingerprint density at radius 3 is 2.38 bits per heavy atom. The molecule has 178 valence electrons. The molecule has 0 unspecified atom stereocenters. The number of amides is 1.